The number of hydrogen-bond donors (Lipinski definition) is 3. The third-order valence-corrected chi connectivity index (χ3v) is 6.06. The molecular weight excluding hydrogens is 386 g/mol. The molecule has 1 aromatic carbocycles. The Morgan fingerprint density at radius 2 is 1.86 bits per heavy atom. The minimum atomic E-state index is -0.231. The predicted octanol–water partition coefficient (Wildman–Crippen LogP) is 4.88. The number of anilines is 1. The van der Waals surface area contributed by atoms with Crippen LogP contribution in [0, 0.1) is 26.7 Å². The van der Waals surface area contributed by atoms with Gasteiger partial charge in [-0.05, 0) is 68.9 Å². The molecule has 0 aliphatic heterocycles. The maximum atomic E-state index is 12.8. The van der Waals surface area contributed by atoms with Gasteiger partial charge in [-0.2, -0.15) is 0 Å². The fraction of sp³-hybridized carbons (Fsp3) is 0.478. The van der Waals surface area contributed by atoms with Crippen molar-refractivity contribution in [3.05, 3.63) is 61.5 Å². The van der Waals surface area contributed by atoms with Gasteiger partial charge in [0.2, 0.25) is 0 Å². The van der Waals surface area contributed by atoms with E-state index in [9.17, 15) is 9.59 Å². The first kappa shape index (κ1) is 21.4. The summed E-state index contributed by atoms with van der Waals surface area (Å²) in [7, 11) is 0. The standard InChI is InChI=1S/C23H30ClN3O2/c1-14-9-15(2)27-23(29)20(14)13-26-22(28)19-10-18(24)11-21(16(19)3)25-12-17-7-5-4-6-8-17/h9-11,17,25H,4-8,12-13H2,1-3H3,(H,26,28)(H,27,29). The van der Waals surface area contributed by atoms with E-state index in [1.54, 1.807) is 6.07 Å². The van der Waals surface area contributed by atoms with E-state index in [-0.39, 0.29) is 18.0 Å². The highest BCUT2D eigenvalue weighted by atomic mass is 35.5. The summed E-state index contributed by atoms with van der Waals surface area (Å²) in [5.74, 6) is 0.445. The monoisotopic (exact) mass is 415 g/mol. The number of nitrogens with one attached hydrogen (secondary N) is 3. The Hall–Kier alpha value is -2.27. The van der Waals surface area contributed by atoms with E-state index >= 15 is 0 Å². The Bertz CT molecular complexity index is 946. The van der Waals surface area contributed by atoms with Crippen molar-refractivity contribution in [1.82, 2.24) is 10.3 Å². The maximum absolute atomic E-state index is 12.8. The molecule has 1 aromatic heterocycles. The van der Waals surface area contributed by atoms with Crippen LogP contribution >= 0.6 is 11.6 Å². The van der Waals surface area contributed by atoms with Crippen molar-refractivity contribution in [3.8, 4) is 0 Å². The first-order chi connectivity index (χ1) is 13.8. The Morgan fingerprint density at radius 1 is 1.14 bits per heavy atom. The van der Waals surface area contributed by atoms with Crippen LogP contribution in [0.3, 0.4) is 0 Å². The van der Waals surface area contributed by atoms with E-state index in [0.29, 0.717) is 22.1 Å². The molecule has 2 aromatic rings. The van der Waals surface area contributed by atoms with E-state index < -0.39 is 0 Å². The van der Waals surface area contributed by atoms with Crippen molar-refractivity contribution in [2.24, 2.45) is 5.92 Å². The van der Waals surface area contributed by atoms with Crippen molar-refractivity contribution in [2.45, 2.75) is 59.4 Å². The molecule has 1 heterocycles. The van der Waals surface area contributed by atoms with Crippen LogP contribution in [0.2, 0.25) is 5.02 Å². The van der Waals surface area contributed by atoms with Gasteiger partial charge in [0.1, 0.15) is 0 Å². The van der Waals surface area contributed by atoms with Crippen LogP contribution < -0.4 is 16.2 Å². The number of hydrogen-bond acceptors (Lipinski definition) is 3. The fourth-order valence-electron chi connectivity index (χ4n) is 4.11. The molecule has 1 aliphatic rings. The Morgan fingerprint density at radius 3 is 2.55 bits per heavy atom. The number of carbonyl (C=O) groups is 1. The van der Waals surface area contributed by atoms with Gasteiger partial charge >= 0.3 is 0 Å². The van der Waals surface area contributed by atoms with Gasteiger partial charge in [-0.15, -0.1) is 0 Å². The summed E-state index contributed by atoms with van der Waals surface area (Å²) < 4.78 is 0. The van der Waals surface area contributed by atoms with Gasteiger partial charge in [-0.25, -0.2) is 0 Å². The first-order valence-electron chi connectivity index (χ1n) is 10.4. The Labute approximate surface area is 177 Å². The molecule has 3 rings (SSSR count). The molecule has 3 N–H and O–H groups in total. The predicted molar refractivity (Wildman–Crippen MR) is 119 cm³/mol. The second-order valence-electron chi connectivity index (χ2n) is 8.14. The highest BCUT2D eigenvalue weighted by Gasteiger charge is 2.17. The molecular formula is C23H30ClN3O2. The minimum Gasteiger partial charge on any atom is -0.384 e. The molecule has 29 heavy (non-hydrogen) atoms. The van der Waals surface area contributed by atoms with Gasteiger partial charge in [-0.3, -0.25) is 9.59 Å². The number of aryl methyl sites for hydroxylation is 2. The van der Waals surface area contributed by atoms with Gasteiger partial charge in [-0.1, -0.05) is 30.9 Å². The second-order valence-corrected chi connectivity index (χ2v) is 8.57. The van der Waals surface area contributed by atoms with Crippen LogP contribution in [0.15, 0.2) is 23.0 Å². The van der Waals surface area contributed by atoms with E-state index in [1.807, 2.05) is 32.9 Å². The summed E-state index contributed by atoms with van der Waals surface area (Å²) in [6.07, 6.45) is 6.44. The number of H-pyrrole nitrogens is 1. The molecule has 0 saturated heterocycles. The average molecular weight is 416 g/mol. The average Bonchev–Trinajstić information content (AvgIpc) is 2.68. The summed E-state index contributed by atoms with van der Waals surface area (Å²) in [5, 5.41) is 6.89. The molecule has 0 unspecified atom stereocenters. The lowest BCUT2D eigenvalue weighted by Crippen LogP contribution is -2.28. The first-order valence-corrected chi connectivity index (χ1v) is 10.7. The molecule has 5 nitrogen and oxygen atoms in total. The van der Waals surface area contributed by atoms with Gasteiger partial charge in [0.05, 0.1) is 0 Å². The number of pyridine rings is 1. The van der Waals surface area contributed by atoms with Gasteiger partial charge in [0.15, 0.2) is 0 Å². The zero-order chi connectivity index (χ0) is 21.0. The summed E-state index contributed by atoms with van der Waals surface area (Å²) >= 11 is 6.30. The van der Waals surface area contributed by atoms with Crippen LogP contribution in [0.5, 0.6) is 0 Å². The molecule has 156 valence electrons. The normalized spacial score (nSPS) is 14.6. The fourth-order valence-corrected chi connectivity index (χ4v) is 4.33. The minimum absolute atomic E-state index is 0.166. The molecule has 0 radical (unpaired) electrons. The van der Waals surface area contributed by atoms with Gasteiger partial charge < -0.3 is 15.6 Å². The Kier molecular flexibility index (Phi) is 7.01. The maximum Gasteiger partial charge on any atom is 0.253 e. The van der Waals surface area contributed by atoms with Crippen LogP contribution in [-0.2, 0) is 6.54 Å². The lowest BCUT2D eigenvalue weighted by Gasteiger charge is -2.23. The highest BCUT2D eigenvalue weighted by Crippen LogP contribution is 2.28. The SMILES string of the molecule is Cc1cc(C)c(CNC(=O)c2cc(Cl)cc(NCC3CCCCC3)c2C)c(=O)[nH]1. The lowest BCUT2D eigenvalue weighted by atomic mass is 9.89. The topological polar surface area (TPSA) is 74.0 Å². The second kappa shape index (κ2) is 9.49. The molecule has 1 aliphatic carbocycles. The number of aromatic amines is 1. The van der Waals surface area contributed by atoms with Crippen LogP contribution in [0.4, 0.5) is 5.69 Å². The summed E-state index contributed by atoms with van der Waals surface area (Å²) in [4.78, 5) is 27.8. The molecule has 6 heteroatoms. The number of halogens is 1. The third kappa shape index (κ3) is 5.41. The Balaban J connectivity index is 1.71. The van der Waals surface area contributed by atoms with Gasteiger partial charge in [0.25, 0.3) is 11.5 Å². The van der Waals surface area contributed by atoms with E-state index in [2.05, 4.69) is 15.6 Å². The van der Waals surface area contributed by atoms with Crippen LogP contribution in [0.1, 0.15) is 64.8 Å². The van der Waals surface area contributed by atoms with E-state index in [4.69, 9.17) is 11.6 Å². The summed E-state index contributed by atoms with van der Waals surface area (Å²) in [6.45, 7) is 6.73. The van der Waals surface area contributed by atoms with Gasteiger partial charge in [0, 0.05) is 40.6 Å². The lowest BCUT2D eigenvalue weighted by molar-refractivity contribution is 0.0950. The number of rotatable bonds is 6. The third-order valence-electron chi connectivity index (χ3n) is 5.84. The smallest absolute Gasteiger partial charge is 0.253 e. The van der Waals surface area contributed by atoms with E-state index in [1.165, 1.54) is 32.1 Å². The van der Waals surface area contributed by atoms with Crippen molar-refractivity contribution in [2.75, 3.05) is 11.9 Å². The number of aromatic nitrogens is 1. The van der Waals surface area contributed by atoms with Crippen molar-refractivity contribution in [3.63, 3.8) is 0 Å². The molecule has 0 bridgehead atoms. The number of benzene rings is 1. The largest absolute Gasteiger partial charge is 0.384 e. The van der Waals surface area contributed by atoms with Crippen LogP contribution in [0.25, 0.3) is 0 Å². The van der Waals surface area contributed by atoms with Crippen molar-refractivity contribution >= 4 is 23.2 Å². The molecule has 1 amide bonds. The highest BCUT2D eigenvalue weighted by molar-refractivity contribution is 6.31. The molecule has 0 spiro atoms. The number of carbonyl (C=O) groups excluding carboxylic acids is 1. The summed E-state index contributed by atoms with van der Waals surface area (Å²) in [6, 6.07) is 5.47. The zero-order valence-electron chi connectivity index (χ0n) is 17.5. The van der Waals surface area contributed by atoms with Crippen LogP contribution in [-0.4, -0.2) is 17.4 Å². The van der Waals surface area contributed by atoms with Crippen molar-refractivity contribution in [1.29, 1.82) is 0 Å². The van der Waals surface area contributed by atoms with Crippen molar-refractivity contribution < 1.29 is 4.79 Å². The molecule has 1 saturated carbocycles. The summed E-state index contributed by atoms with van der Waals surface area (Å²) in [5.41, 5.74) is 4.38. The molecule has 0 atom stereocenters. The quantitative estimate of drug-likeness (QED) is 0.629. The van der Waals surface area contributed by atoms with E-state index in [0.717, 1.165) is 29.1 Å². The number of amides is 1. The molecule has 1 fully saturated rings. The zero-order valence-corrected chi connectivity index (χ0v) is 18.2.